The second-order valence-corrected chi connectivity index (χ2v) is 5.01. The summed E-state index contributed by atoms with van der Waals surface area (Å²) < 4.78 is 0. The number of aliphatic hydroxyl groups is 1. The number of carbonyl (C=O) groups is 3. The maximum atomic E-state index is 11.9. The first-order valence-electron chi connectivity index (χ1n) is 6.30. The zero-order valence-electron chi connectivity index (χ0n) is 11.8. The van der Waals surface area contributed by atoms with Gasteiger partial charge < -0.3 is 20.8 Å². The highest BCUT2D eigenvalue weighted by Crippen LogP contribution is 2.12. The molecule has 1 rings (SSSR count). The molecule has 0 heterocycles. The normalized spacial score (nSPS) is 13.1. The second kappa shape index (κ2) is 6.85. The summed E-state index contributed by atoms with van der Waals surface area (Å²) in [5.74, 6) is -1.87. The molecule has 0 bridgehead atoms. The minimum absolute atomic E-state index is 0.192. The third kappa shape index (κ3) is 6.05. The van der Waals surface area contributed by atoms with Crippen LogP contribution in [0.15, 0.2) is 24.3 Å². The molecule has 0 aliphatic rings. The van der Waals surface area contributed by atoms with E-state index in [9.17, 15) is 19.5 Å². The van der Waals surface area contributed by atoms with Crippen molar-refractivity contribution in [1.82, 2.24) is 5.32 Å². The molecule has 1 aromatic carbocycles. The van der Waals surface area contributed by atoms with Gasteiger partial charge in [0.1, 0.15) is 0 Å². The Morgan fingerprint density at radius 3 is 2.52 bits per heavy atom. The highest BCUT2D eigenvalue weighted by atomic mass is 16.4. The van der Waals surface area contributed by atoms with Crippen LogP contribution in [0.2, 0.25) is 0 Å². The number of hydrogen-bond donors (Lipinski definition) is 4. The fourth-order valence-electron chi connectivity index (χ4n) is 1.70. The SMILES string of the molecule is CC(=O)Nc1cccc(C(=O)NCC(C)(O)CC(=O)O)c1. The average Bonchev–Trinajstić information content (AvgIpc) is 2.34. The summed E-state index contributed by atoms with van der Waals surface area (Å²) in [7, 11) is 0. The lowest BCUT2D eigenvalue weighted by molar-refractivity contribution is -0.141. The summed E-state index contributed by atoms with van der Waals surface area (Å²) in [5, 5.41) is 23.5. The van der Waals surface area contributed by atoms with E-state index in [2.05, 4.69) is 10.6 Å². The average molecular weight is 294 g/mol. The molecule has 1 atom stereocenters. The van der Waals surface area contributed by atoms with Gasteiger partial charge in [-0.25, -0.2) is 0 Å². The van der Waals surface area contributed by atoms with Gasteiger partial charge in [0.25, 0.3) is 5.91 Å². The molecule has 0 radical (unpaired) electrons. The summed E-state index contributed by atoms with van der Waals surface area (Å²) in [5.41, 5.74) is -0.753. The number of nitrogens with one attached hydrogen (secondary N) is 2. The monoisotopic (exact) mass is 294 g/mol. The van der Waals surface area contributed by atoms with Crippen LogP contribution >= 0.6 is 0 Å². The van der Waals surface area contributed by atoms with Crippen LogP contribution in [0.5, 0.6) is 0 Å². The fourth-order valence-corrected chi connectivity index (χ4v) is 1.70. The summed E-state index contributed by atoms with van der Waals surface area (Å²) in [6, 6.07) is 6.28. The van der Waals surface area contributed by atoms with E-state index in [0.29, 0.717) is 11.3 Å². The molecule has 0 saturated carbocycles. The van der Waals surface area contributed by atoms with E-state index in [4.69, 9.17) is 5.11 Å². The Hall–Kier alpha value is -2.41. The van der Waals surface area contributed by atoms with Gasteiger partial charge in [0.15, 0.2) is 0 Å². The summed E-state index contributed by atoms with van der Waals surface area (Å²) in [6.45, 7) is 2.49. The van der Waals surface area contributed by atoms with Crippen LogP contribution in [0, 0.1) is 0 Å². The minimum Gasteiger partial charge on any atom is -0.481 e. The molecule has 114 valence electrons. The summed E-state index contributed by atoms with van der Waals surface area (Å²) in [6.07, 6.45) is -0.473. The Balaban J connectivity index is 2.67. The molecule has 0 fully saturated rings. The van der Waals surface area contributed by atoms with Gasteiger partial charge in [-0.15, -0.1) is 0 Å². The lowest BCUT2D eigenvalue weighted by Crippen LogP contribution is -2.42. The highest BCUT2D eigenvalue weighted by molar-refractivity contribution is 5.96. The number of hydrogen-bond acceptors (Lipinski definition) is 4. The van der Waals surface area contributed by atoms with Gasteiger partial charge in [-0.3, -0.25) is 14.4 Å². The molecule has 1 unspecified atom stereocenters. The van der Waals surface area contributed by atoms with E-state index in [-0.39, 0.29) is 12.5 Å². The number of rotatable bonds is 6. The molecular formula is C14H18N2O5. The van der Waals surface area contributed by atoms with Crippen molar-refractivity contribution >= 4 is 23.5 Å². The maximum Gasteiger partial charge on any atom is 0.306 e. The predicted molar refractivity (Wildman–Crippen MR) is 76.0 cm³/mol. The zero-order chi connectivity index (χ0) is 16.0. The topological polar surface area (TPSA) is 116 Å². The van der Waals surface area contributed by atoms with Crippen LogP contribution in [-0.4, -0.2) is 40.1 Å². The Labute approximate surface area is 122 Å². The molecule has 2 amide bonds. The van der Waals surface area contributed by atoms with E-state index in [0.717, 1.165) is 0 Å². The predicted octanol–water partition coefficient (Wildman–Crippen LogP) is 0.600. The number of anilines is 1. The number of amides is 2. The van der Waals surface area contributed by atoms with Crippen LogP contribution in [0.1, 0.15) is 30.6 Å². The first-order chi connectivity index (χ1) is 9.69. The van der Waals surface area contributed by atoms with Gasteiger partial charge >= 0.3 is 5.97 Å². The molecule has 1 aromatic rings. The largest absolute Gasteiger partial charge is 0.481 e. The number of carboxylic acid groups (broad SMARTS) is 1. The van der Waals surface area contributed by atoms with Crippen LogP contribution in [0.25, 0.3) is 0 Å². The highest BCUT2D eigenvalue weighted by Gasteiger charge is 2.25. The van der Waals surface area contributed by atoms with Crippen molar-refractivity contribution in [3.05, 3.63) is 29.8 Å². The van der Waals surface area contributed by atoms with E-state index in [1.165, 1.54) is 19.9 Å². The molecule has 7 heteroatoms. The Bertz CT molecular complexity index is 554. The van der Waals surface area contributed by atoms with Crippen molar-refractivity contribution in [2.75, 3.05) is 11.9 Å². The van der Waals surface area contributed by atoms with Crippen molar-refractivity contribution in [3.63, 3.8) is 0 Å². The summed E-state index contributed by atoms with van der Waals surface area (Å²) in [4.78, 5) is 33.5. The van der Waals surface area contributed by atoms with Gasteiger partial charge in [-0.2, -0.15) is 0 Å². The van der Waals surface area contributed by atoms with Gasteiger partial charge in [0.05, 0.1) is 12.0 Å². The fraction of sp³-hybridized carbons (Fsp3) is 0.357. The second-order valence-electron chi connectivity index (χ2n) is 5.01. The Kier molecular flexibility index (Phi) is 5.43. The lowest BCUT2D eigenvalue weighted by atomic mass is 10.0. The first kappa shape index (κ1) is 16.6. The smallest absolute Gasteiger partial charge is 0.306 e. The molecule has 21 heavy (non-hydrogen) atoms. The third-order valence-electron chi connectivity index (χ3n) is 2.61. The van der Waals surface area contributed by atoms with Crippen LogP contribution in [0.3, 0.4) is 0 Å². The van der Waals surface area contributed by atoms with Crippen LogP contribution in [0.4, 0.5) is 5.69 Å². The molecule has 0 aliphatic carbocycles. The maximum absolute atomic E-state index is 11.9. The van der Waals surface area contributed by atoms with Gasteiger partial charge in [-0.05, 0) is 25.1 Å². The number of carbonyl (C=O) groups excluding carboxylic acids is 2. The van der Waals surface area contributed by atoms with Crippen molar-refractivity contribution in [3.8, 4) is 0 Å². The van der Waals surface area contributed by atoms with Crippen molar-refractivity contribution in [2.45, 2.75) is 25.9 Å². The van der Waals surface area contributed by atoms with Gasteiger partial charge in [0.2, 0.25) is 5.91 Å². The molecule has 0 aliphatic heterocycles. The third-order valence-corrected chi connectivity index (χ3v) is 2.61. The quantitative estimate of drug-likeness (QED) is 0.613. The van der Waals surface area contributed by atoms with Crippen molar-refractivity contribution in [1.29, 1.82) is 0 Å². The van der Waals surface area contributed by atoms with E-state index >= 15 is 0 Å². The zero-order valence-corrected chi connectivity index (χ0v) is 11.8. The van der Waals surface area contributed by atoms with E-state index < -0.39 is 23.9 Å². The van der Waals surface area contributed by atoms with Gasteiger partial charge in [0, 0.05) is 24.7 Å². The van der Waals surface area contributed by atoms with Crippen LogP contribution in [-0.2, 0) is 9.59 Å². The van der Waals surface area contributed by atoms with Crippen molar-refractivity contribution in [2.24, 2.45) is 0 Å². The molecule has 7 nitrogen and oxygen atoms in total. The number of aliphatic carboxylic acids is 1. The molecule has 0 spiro atoms. The number of benzene rings is 1. The molecule has 0 aromatic heterocycles. The standard InChI is InChI=1S/C14H18N2O5/c1-9(17)16-11-5-3-4-10(6-11)13(20)15-8-14(2,21)7-12(18)19/h3-6,21H,7-8H2,1-2H3,(H,15,20)(H,16,17)(H,18,19). The van der Waals surface area contributed by atoms with E-state index in [1.54, 1.807) is 18.2 Å². The van der Waals surface area contributed by atoms with Gasteiger partial charge in [-0.1, -0.05) is 6.07 Å². The Morgan fingerprint density at radius 1 is 1.29 bits per heavy atom. The molecule has 0 saturated heterocycles. The minimum atomic E-state index is -1.53. The summed E-state index contributed by atoms with van der Waals surface area (Å²) >= 11 is 0. The van der Waals surface area contributed by atoms with Crippen LogP contribution < -0.4 is 10.6 Å². The lowest BCUT2D eigenvalue weighted by Gasteiger charge is -2.21. The number of carboxylic acids is 1. The van der Waals surface area contributed by atoms with Crippen molar-refractivity contribution < 1.29 is 24.6 Å². The molecule has 4 N–H and O–H groups in total. The Morgan fingerprint density at radius 2 is 1.95 bits per heavy atom. The molecular weight excluding hydrogens is 276 g/mol. The first-order valence-corrected chi connectivity index (χ1v) is 6.30. The van der Waals surface area contributed by atoms with E-state index in [1.807, 2.05) is 0 Å².